The number of Topliss-reactive ketones (excluding diaryl/α,β-unsaturated/α-hetero) is 1. The quantitative estimate of drug-likeness (QED) is 0.892. The van der Waals surface area contributed by atoms with E-state index in [-0.39, 0.29) is 5.78 Å². The van der Waals surface area contributed by atoms with E-state index in [0.29, 0.717) is 17.7 Å². The predicted octanol–water partition coefficient (Wildman–Crippen LogP) is 1.77. The molecule has 5 heteroatoms. The third kappa shape index (κ3) is 1.86. The number of hydrogen-bond acceptors (Lipinski definition) is 4. The second-order valence-corrected chi connectivity index (χ2v) is 5.37. The number of aliphatic hydroxyl groups is 2. The Kier molecular flexibility index (Phi) is 3.75. The molecule has 1 heterocycles. The van der Waals surface area contributed by atoms with Gasteiger partial charge >= 0.3 is 0 Å². The van der Waals surface area contributed by atoms with Gasteiger partial charge in [0.15, 0.2) is 5.78 Å². The summed E-state index contributed by atoms with van der Waals surface area (Å²) in [6, 6.07) is 5.17. The summed E-state index contributed by atoms with van der Waals surface area (Å²) in [5.41, 5.74) is -0.847. The van der Waals surface area contributed by atoms with Gasteiger partial charge in [-0.3, -0.25) is 4.79 Å². The van der Waals surface area contributed by atoms with Gasteiger partial charge in [-0.15, -0.1) is 0 Å². The van der Waals surface area contributed by atoms with Crippen LogP contribution in [0.4, 0.5) is 0 Å². The van der Waals surface area contributed by atoms with Gasteiger partial charge in [-0.25, -0.2) is 0 Å². The summed E-state index contributed by atoms with van der Waals surface area (Å²) in [6.07, 6.45) is 0.0382. The van der Waals surface area contributed by atoms with Gasteiger partial charge in [-0.05, 0) is 24.6 Å². The number of halogens is 1. The zero-order valence-electron chi connectivity index (χ0n) is 10.0. The maximum absolute atomic E-state index is 12.5. The molecule has 1 unspecified atom stereocenters. The van der Waals surface area contributed by atoms with Crippen LogP contribution < -0.4 is 4.74 Å². The Labute approximate surface area is 114 Å². The van der Waals surface area contributed by atoms with Gasteiger partial charge in [-0.2, -0.15) is 0 Å². The molecule has 2 N–H and O–H groups in total. The van der Waals surface area contributed by atoms with Crippen LogP contribution in [0.15, 0.2) is 22.7 Å². The van der Waals surface area contributed by atoms with Crippen molar-refractivity contribution in [3.05, 3.63) is 28.2 Å². The lowest BCUT2D eigenvalue weighted by atomic mass is 9.74. The minimum Gasteiger partial charge on any atom is -0.488 e. The lowest BCUT2D eigenvalue weighted by Crippen LogP contribution is -2.53. The molecule has 1 aromatic carbocycles. The number of hydrogen-bond donors (Lipinski definition) is 2. The molecule has 0 aromatic heterocycles. The standard InChI is InChI=1S/C13H15BrO4/c1-2-11-13(6-15,7-16)12(17)9-5-8(14)3-4-10(9)18-11/h3-5,11,15-16H,2,6-7H2,1H3. The Morgan fingerprint density at radius 2 is 2.06 bits per heavy atom. The van der Waals surface area contributed by atoms with Crippen LogP contribution in [-0.2, 0) is 0 Å². The van der Waals surface area contributed by atoms with Gasteiger partial charge in [0, 0.05) is 4.47 Å². The van der Waals surface area contributed by atoms with Crippen molar-refractivity contribution in [3.63, 3.8) is 0 Å². The predicted molar refractivity (Wildman–Crippen MR) is 69.8 cm³/mol. The number of fused-ring (bicyclic) bond motifs is 1. The van der Waals surface area contributed by atoms with Crippen LogP contribution in [0.3, 0.4) is 0 Å². The minimum absolute atomic E-state index is 0.262. The molecule has 0 fully saturated rings. The van der Waals surface area contributed by atoms with E-state index >= 15 is 0 Å². The Morgan fingerprint density at radius 3 is 2.61 bits per heavy atom. The van der Waals surface area contributed by atoms with Crippen molar-refractivity contribution in [1.29, 1.82) is 0 Å². The maximum atomic E-state index is 12.5. The molecular formula is C13H15BrO4. The van der Waals surface area contributed by atoms with Gasteiger partial charge in [-0.1, -0.05) is 22.9 Å². The van der Waals surface area contributed by atoms with Crippen molar-refractivity contribution in [1.82, 2.24) is 0 Å². The summed E-state index contributed by atoms with van der Waals surface area (Å²) in [5.74, 6) is 0.245. The third-order valence-electron chi connectivity index (χ3n) is 3.46. The summed E-state index contributed by atoms with van der Waals surface area (Å²) >= 11 is 3.30. The fraction of sp³-hybridized carbons (Fsp3) is 0.462. The first-order valence-electron chi connectivity index (χ1n) is 5.81. The second kappa shape index (κ2) is 4.99. The van der Waals surface area contributed by atoms with Crippen LogP contribution in [0, 0.1) is 5.41 Å². The lowest BCUT2D eigenvalue weighted by molar-refractivity contribution is -0.0316. The largest absolute Gasteiger partial charge is 0.488 e. The molecule has 0 spiro atoms. The Balaban J connectivity index is 2.56. The van der Waals surface area contributed by atoms with E-state index in [4.69, 9.17) is 4.74 Å². The van der Waals surface area contributed by atoms with Crippen LogP contribution in [-0.4, -0.2) is 35.3 Å². The van der Waals surface area contributed by atoms with E-state index in [9.17, 15) is 15.0 Å². The molecule has 0 saturated heterocycles. The topological polar surface area (TPSA) is 66.8 Å². The number of carbonyl (C=O) groups excluding carboxylic acids is 1. The van der Waals surface area contributed by atoms with Crippen LogP contribution in [0.2, 0.25) is 0 Å². The molecule has 98 valence electrons. The zero-order valence-corrected chi connectivity index (χ0v) is 11.6. The van der Waals surface area contributed by atoms with Crippen molar-refractivity contribution < 1.29 is 19.7 Å². The first-order valence-corrected chi connectivity index (χ1v) is 6.61. The minimum atomic E-state index is -1.25. The van der Waals surface area contributed by atoms with Crippen molar-refractivity contribution in [3.8, 4) is 5.75 Å². The van der Waals surface area contributed by atoms with Gasteiger partial charge in [0.1, 0.15) is 17.3 Å². The summed E-state index contributed by atoms with van der Waals surface area (Å²) < 4.78 is 6.50. The molecule has 1 aliphatic heterocycles. The average molecular weight is 315 g/mol. The van der Waals surface area contributed by atoms with Crippen molar-refractivity contribution in [2.75, 3.05) is 13.2 Å². The summed E-state index contributed by atoms with van der Waals surface area (Å²) in [6.45, 7) is 1.02. The molecule has 4 nitrogen and oxygen atoms in total. The maximum Gasteiger partial charge on any atom is 0.181 e. The molecule has 18 heavy (non-hydrogen) atoms. The van der Waals surface area contributed by atoms with E-state index in [1.165, 1.54) is 0 Å². The highest BCUT2D eigenvalue weighted by atomic mass is 79.9. The lowest BCUT2D eigenvalue weighted by Gasteiger charge is -2.40. The van der Waals surface area contributed by atoms with E-state index < -0.39 is 24.7 Å². The molecule has 1 aromatic rings. The number of benzene rings is 1. The third-order valence-corrected chi connectivity index (χ3v) is 3.95. The smallest absolute Gasteiger partial charge is 0.181 e. The van der Waals surface area contributed by atoms with Crippen molar-refractivity contribution in [2.24, 2.45) is 5.41 Å². The van der Waals surface area contributed by atoms with Gasteiger partial charge in [0.05, 0.1) is 18.8 Å². The van der Waals surface area contributed by atoms with Gasteiger partial charge in [0.2, 0.25) is 0 Å². The monoisotopic (exact) mass is 314 g/mol. The summed E-state index contributed by atoms with van der Waals surface area (Å²) in [7, 11) is 0. The molecule has 1 aliphatic rings. The molecule has 2 rings (SSSR count). The van der Waals surface area contributed by atoms with Gasteiger partial charge in [0.25, 0.3) is 0 Å². The Morgan fingerprint density at radius 1 is 1.39 bits per heavy atom. The Hall–Kier alpha value is -0.910. The highest BCUT2D eigenvalue weighted by Gasteiger charge is 2.50. The number of ketones is 1. The van der Waals surface area contributed by atoms with Crippen molar-refractivity contribution >= 4 is 21.7 Å². The SMILES string of the molecule is CCC1Oc2ccc(Br)cc2C(=O)C1(CO)CO. The second-order valence-electron chi connectivity index (χ2n) is 4.46. The average Bonchev–Trinajstić information content (AvgIpc) is 2.40. The van der Waals surface area contributed by atoms with Crippen molar-refractivity contribution in [2.45, 2.75) is 19.4 Å². The molecule has 1 atom stereocenters. The van der Waals surface area contributed by atoms with Crippen LogP contribution in [0.25, 0.3) is 0 Å². The highest BCUT2D eigenvalue weighted by molar-refractivity contribution is 9.10. The molecule has 0 bridgehead atoms. The number of ether oxygens (including phenoxy) is 1. The fourth-order valence-corrected chi connectivity index (χ4v) is 2.70. The van der Waals surface area contributed by atoms with Crippen LogP contribution in [0.5, 0.6) is 5.75 Å². The first kappa shape index (κ1) is 13.5. The van der Waals surface area contributed by atoms with E-state index in [1.807, 2.05) is 6.92 Å². The normalized spacial score (nSPS) is 21.3. The molecular weight excluding hydrogens is 300 g/mol. The van der Waals surface area contributed by atoms with Crippen LogP contribution in [0.1, 0.15) is 23.7 Å². The van der Waals surface area contributed by atoms with E-state index in [1.54, 1.807) is 18.2 Å². The molecule has 0 saturated carbocycles. The first-order chi connectivity index (χ1) is 8.58. The fourth-order valence-electron chi connectivity index (χ4n) is 2.33. The van der Waals surface area contributed by atoms with E-state index in [2.05, 4.69) is 15.9 Å². The summed E-state index contributed by atoms with van der Waals surface area (Å²) in [5, 5.41) is 19.1. The molecule has 0 amide bonds. The zero-order chi connectivity index (χ0) is 13.3. The Bertz CT molecular complexity index is 468. The number of aliphatic hydroxyl groups excluding tert-OH is 2. The van der Waals surface area contributed by atoms with E-state index in [0.717, 1.165) is 4.47 Å². The molecule has 0 aliphatic carbocycles. The molecule has 0 radical (unpaired) electrons. The summed E-state index contributed by atoms with van der Waals surface area (Å²) in [4.78, 5) is 12.5. The highest BCUT2D eigenvalue weighted by Crippen LogP contribution is 2.40. The number of carbonyl (C=O) groups is 1. The van der Waals surface area contributed by atoms with Gasteiger partial charge < -0.3 is 14.9 Å². The van der Waals surface area contributed by atoms with Crippen LogP contribution >= 0.6 is 15.9 Å². The number of rotatable bonds is 3.